The quantitative estimate of drug-likeness (QED) is 0.770. The van der Waals surface area contributed by atoms with E-state index >= 15 is 0 Å². The van der Waals surface area contributed by atoms with Crippen LogP contribution in [0.1, 0.15) is 21.5 Å². The summed E-state index contributed by atoms with van der Waals surface area (Å²) in [6.07, 6.45) is 0.709. The number of hydrogen-bond donors (Lipinski definition) is 1. The Morgan fingerprint density at radius 1 is 0.850 bits per heavy atom. The predicted octanol–water partition coefficient (Wildman–Crippen LogP) is 3.53. The summed E-state index contributed by atoms with van der Waals surface area (Å²) in [5, 5.41) is 2.22. The summed E-state index contributed by atoms with van der Waals surface area (Å²) < 4.78 is 0. The van der Waals surface area contributed by atoms with Crippen molar-refractivity contribution in [2.45, 2.75) is 6.42 Å². The lowest BCUT2D eigenvalue weighted by molar-refractivity contribution is 0.0999. The Balaban J connectivity index is 2.20. The molecule has 0 aliphatic rings. The highest BCUT2D eigenvalue weighted by molar-refractivity contribution is 6.00. The lowest BCUT2D eigenvalue weighted by Gasteiger charge is -2.11. The van der Waals surface area contributed by atoms with E-state index in [1.165, 1.54) is 5.56 Å². The topological polar surface area (TPSA) is 43.1 Å². The summed E-state index contributed by atoms with van der Waals surface area (Å²) in [5.41, 5.74) is 8.30. The minimum atomic E-state index is -0.373. The molecule has 0 heterocycles. The minimum Gasteiger partial charge on any atom is -0.366 e. The molecule has 0 saturated carbocycles. The van der Waals surface area contributed by atoms with Crippen molar-refractivity contribution in [2.24, 2.45) is 5.73 Å². The number of amides is 1. The molecule has 1 amide bonds. The SMILES string of the molecule is NC(=O)c1ccc2ccccc2c1Cc1ccccc1. The molecule has 98 valence electrons. The van der Waals surface area contributed by atoms with E-state index in [9.17, 15) is 4.79 Å². The van der Waals surface area contributed by atoms with Crippen molar-refractivity contribution in [1.29, 1.82) is 0 Å². The maximum Gasteiger partial charge on any atom is 0.249 e. The average Bonchev–Trinajstić information content (AvgIpc) is 2.48. The number of rotatable bonds is 3. The van der Waals surface area contributed by atoms with Gasteiger partial charge < -0.3 is 5.73 Å². The smallest absolute Gasteiger partial charge is 0.249 e. The van der Waals surface area contributed by atoms with Crippen molar-refractivity contribution >= 4 is 16.7 Å². The van der Waals surface area contributed by atoms with Gasteiger partial charge in [-0.05, 0) is 34.4 Å². The molecule has 2 nitrogen and oxygen atoms in total. The van der Waals surface area contributed by atoms with Crippen LogP contribution in [0.5, 0.6) is 0 Å². The van der Waals surface area contributed by atoms with E-state index in [-0.39, 0.29) is 5.91 Å². The van der Waals surface area contributed by atoms with E-state index < -0.39 is 0 Å². The molecule has 0 aliphatic carbocycles. The van der Waals surface area contributed by atoms with Crippen LogP contribution in [0, 0.1) is 0 Å². The first-order valence-corrected chi connectivity index (χ1v) is 6.60. The number of carbonyl (C=O) groups excluding carboxylic acids is 1. The fraction of sp³-hybridized carbons (Fsp3) is 0.0556. The maximum atomic E-state index is 11.7. The first kappa shape index (κ1) is 12.4. The molecule has 0 aliphatic heterocycles. The van der Waals surface area contributed by atoms with Gasteiger partial charge in [0, 0.05) is 5.56 Å². The van der Waals surface area contributed by atoms with Crippen LogP contribution >= 0.6 is 0 Å². The molecule has 2 N–H and O–H groups in total. The van der Waals surface area contributed by atoms with Crippen LogP contribution < -0.4 is 5.73 Å². The first-order valence-electron chi connectivity index (χ1n) is 6.60. The third kappa shape index (κ3) is 2.28. The third-order valence-electron chi connectivity index (χ3n) is 3.53. The van der Waals surface area contributed by atoms with Crippen LogP contribution in [-0.2, 0) is 6.42 Å². The number of nitrogens with two attached hydrogens (primary N) is 1. The summed E-state index contributed by atoms with van der Waals surface area (Å²) in [6.45, 7) is 0. The molecule has 3 aromatic rings. The van der Waals surface area contributed by atoms with Crippen LogP contribution in [0.3, 0.4) is 0 Å². The minimum absolute atomic E-state index is 0.373. The van der Waals surface area contributed by atoms with E-state index in [1.54, 1.807) is 0 Å². The number of hydrogen-bond acceptors (Lipinski definition) is 1. The van der Waals surface area contributed by atoms with Gasteiger partial charge in [0.05, 0.1) is 0 Å². The normalized spacial score (nSPS) is 10.6. The molecule has 3 rings (SSSR count). The number of fused-ring (bicyclic) bond motifs is 1. The van der Waals surface area contributed by atoms with Gasteiger partial charge in [-0.15, -0.1) is 0 Å². The summed E-state index contributed by atoms with van der Waals surface area (Å²) in [6, 6.07) is 22.0. The first-order chi connectivity index (χ1) is 9.75. The van der Waals surface area contributed by atoms with Gasteiger partial charge in [-0.25, -0.2) is 0 Å². The number of benzene rings is 3. The predicted molar refractivity (Wildman–Crippen MR) is 81.7 cm³/mol. The second-order valence-electron chi connectivity index (χ2n) is 4.84. The van der Waals surface area contributed by atoms with Gasteiger partial charge in [-0.3, -0.25) is 4.79 Å². The molecule has 0 atom stereocenters. The van der Waals surface area contributed by atoms with Crippen LogP contribution in [0.25, 0.3) is 10.8 Å². The molecule has 3 aromatic carbocycles. The van der Waals surface area contributed by atoms with Crippen LogP contribution in [0.2, 0.25) is 0 Å². The molecule has 0 aromatic heterocycles. The molecule has 0 spiro atoms. The Morgan fingerprint density at radius 3 is 2.30 bits per heavy atom. The van der Waals surface area contributed by atoms with Crippen molar-refractivity contribution in [2.75, 3.05) is 0 Å². The molecular weight excluding hydrogens is 246 g/mol. The highest BCUT2D eigenvalue weighted by atomic mass is 16.1. The third-order valence-corrected chi connectivity index (χ3v) is 3.53. The monoisotopic (exact) mass is 261 g/mol. The summed E-state index contributed by atoms with van der Waals surface area (Å²) >= 11 is 0. The number of carbonyl (C=O) groups is 1. The average molecular weight is 261 g/mol. The lowest BCUT2D eigenvalue weighted by atomic mass is 9.93. The highest BCUT2D eigenvalue weighted by Crippen LogP contribution is 2.25. The second-order valence-corrected chi connectivity index (χ2v) is 4.84. The van der Waals surface area contributed by atoms with Crippen molar-refractivity contribution < 1.29 is 4.79 Å². The number of primary amides is 1. The Kier molecular flexibility index (Phi) is 3.21. The van der Waals surface area contributed by atoms with Crippen LogP contribution in [0.4, 0.5) is 0 Å². The Hall–Kier alpha value is -2.61. The van der Waals surface area contributed by atoms with Crippen LogP contribution in [-0.4, -0.2) is 5.91 Å². The molecule has 0 fully saturated rings. The fourth-order valence-corrected chi connectivity index (χ4v) is 2.56. The van der Waals surface area contributed by atoms with Gasteiger partial charge in [0.25, 0.3) is 0 Å². The highest BCUT2D eigenvalue weighted by Gasteiger charge is 2.12. The Labute approximate surface area is 117 Å². The molecule has 20 heavy (non-hydrogen) atoms. The molecular formula is C18H15NO. The van der Waals surface area contributed by atoms with Crippen molar-refractivity contribution in [3.63, 3.8) is 0 Å². The van der Waals surface area contributed by atoms with Gasteiger partial charge in [-0.1, -0.05) is 60.7 Å². The zero-order valence-corrected chi connectivity index (χ0v) is 11.0. The van der Waals surface area contributed by atoms with E-state index in [0.717, 1.165) is 16.3 Å². The second kappa shape index (κ2) is 5.17. The van der Waals surface area contributed by atoms with Crippen molar-refractivity contribution in [3.8, 4) is 0 Å². The molecule has 2 heteroatoms. The van der Waals surface area contributed by atoms with E-state index in [1.807, 2.05) is 48.5 Å². The van der Waals surface area contributed by atoms with E-state index in [0.29, 0.717) is 12.0 Å². The molecule has 0 bridgehead atoms. The van der Waals surface area contributed by atoms with E-state index in [2.05, 4.69) is 18.2 Å². The van der Waals surface area contributed by atoms with Gasteiger partial charge in [0.2, 0.25) is 5.91 Å². The lowest BCUT2D eigenvalue weighted by Crippen LogP contribution is -2.14. The zero-order valence-electron chi connectivity index (χ0n) is 11.0. The standard InChI is InChI=1S/C18H15NO/c19-18(20)16-11-10-14-8-4-5-9-15(14)17(16)12-13-6-2-1-3-7-13/h1-11H,12H2,(H2,19,20). The molecule has 0 radical (unpaired) electrons. The van der Waals surface area contributed by atoms with Gasteiger partial charge >= 0.3 is 0 Å². The van der Waals surface area contributed by atoms with Crippen LogP contribution in [0.15, 0.2) is 66.7 Å². The van der Waals surface area contributed by atoms with Crippen molar-refractivity contribution in [3.05, 3.63) is 83.4 Å². The maximum absolute atomic E-state index is 11.7. The molecule has 0 saturated heterocycles. The summed E-state index contributed by atoms with van der Waals surface area (Å²) in [5.74, 6) is -0.373. The van der Waals surface area contributed by atoms with Gasteiger partial charge in [0.1, 0.15) is 0 Å². The summed E-state index contributed by atoms with van der Waals surface area (Å²) in [4.78, 5) is 11.7. The van der Waals surface area contributed by atoms with E-state index in [4.69, 9.17) is 5.73 Å². The van der Waals surface area contributed by atoms with Gasteiger partial charge in [0.15, 0.2) is 0 Å². The molecule has 0 unspecified atom stereocenters. The Bertz CT molecular complexity index is 763. The van der Waals surface area contributed by atoms with Gasteiger partial charge in [-0.2, -0.15) is 0 Å². The van der Waals surface area contributed by atoms with Crippen molar-refractivity contribution in [1.82, 2.24) is 0 Å². The summed E-state index contributed by atoms with van der Waals surface area (Å²) in [7, 11) is 0. The zero-order chi connectivity index (χ0) is 13.9. The largest absolute Gasteiger partial charge is 0.366 e. The Morgan fingerprint density at radius 2 is 1.55 bits per heavy atom. The fourth-order valence-electron chi connectivity index (χ4n) is 2.56.